The summed E-state index contributed by atoms with van der Waals surface area (Å²) in [5.74, 6) is -0.0918. The third-order valence-electron chi connectivity index (χ3n) is 6.67. The molecule has 0 radical (unpaired) electrons. The van der Waals surface area contributed by atoms with Crippen LogP contribution >= 0.6 is 0 Å². The van der Waals surface area contributed by atoms with Crippen molar-refractivity contribution in [2.24, 2.45) is 0 Å². The van der Waals surface area contributed by atoms with E-state index in [1.807, 2.05) is 6.07 Å². The Morgan fingerprint density at radius 2 is 1.81 bits per heavy atom. The normalized spacial score (nSPS) is 14.6. The molecule has 1 aliphatic rings. The van der Waals surface area contributed by atoms with Crippen LogP contribution in [-0.4, -0.2) is 34.4 Å². The summed E-state index contributed by atoms with van der Waals surface area (Å²) < 4.78 is 41.7. The molecule has 3 aromatic heterocycles. The minimum absolute atomic E-state index is 0.0998. The second-order valence-corrected chi connectivity index (χ2v) is 10.9. The van der Waals surface area contributed by atoms with Crippen molar-refractivity contribution < 1.29 is 12.8 Å². The average molecular weight is 521 g/mol. The van der Waals surface area contributed by atoms with Crippen molar-refractivity contribution in [1.82, 2.24) is 19.9 Å². The van der Waals surface area contributed by atoms with Gasteiger partial charge < -0.3 is 5.32 Å². The minimum Gasteiger partial charge on any atom is -0.351 e. The molecule has 10 heteroatoms. The number of aryl methyl sites for hydroxylation is 2. The molecule has 0 atom stereocenters. The summed E-state index contributed by atoms with van der Waals surface area (Å²) in [6.07, 6.45) is 8.53. The third-order valence-corrected chi connectivity index (χ3v) is 8.06. The van der Waals surface area contributed by atoms with Gasteiger partial charge in [-0.25, -0.2) is 32.7 Å². The van der Waals surface area contributed by atoms with E-state index in [0.29, 0.717) is 28.9 Å². The minimum atomic E-state index is -4.12. The third kappa shape index (κ3) is 5.39. The first-order chi connectivity index (χ1) is 17.8. The van der Waals surface area contributed by atoms with Crippen molar-refractivity contribution in [3.8, 4) is 11.3 Å². The van der Waals surface area contributed by atoms with Crippen molar-refractivity contribution in [3.05, 3.63) is 65.7 Å². The molecule has 5 rings (SSSR count). The summed E-state index contributed by atoms with van der Waals surface area (Å²) in [4.78, 5) is 18.1. The van der Waals surface area contributed by atoms with Crippen LogP contribution in [0.15, 0.2) is 53.6 Å². The highest BCUT2D eigenvalue weighted by molar-refractivity contribution is 7.92. The number of fused-ring (bicyclic) bond motifs is 1. The lowest BCUT2D eigenvalue weighted by atomic mass is 9.96. The maximum absolute atomic E-state index is 14.0. The summed E-state index contributed by atoms with van der Waals surface area (Å²) in [6, 6.07) is 10.9. The van der Waals surface area contributed by atoms with Gasteiger partial charge in [0.1, 0.15) is 22.0 Å². The molecule has 1 fully saturated rings. The number of anilines is 2. The molecule has 0 spiro atoms. The second-order valence-electron chi connectivity index (χ2n) is 9.29. The predicted molar refractivity (Wildman–Crippen MR) is 142 cm³/mol. The number of rotatable bonds is 7. The monoisotopic (exact) mass is 520 g/mol. The van der Waals surface area contributed by atoms with Crippen LogP contribution in [0.5, 0.6) is 0 Å². The molecule has 192 valence electrons. The zero-order chi connectivity index (χ0) is 26.0. The Labute approximate surface area is 215 Å². The highest BCUT2D eigenvalue weighted by Crippen LogP contribution is 2.28. The van der Waals surface area contributed by atoms with Crippen LogP contribution in [-0.2, 0) is 16.4 Å². The van der Waals surface area contributed by atoms with Gasteiger partial charge in [0.15, 0.2) is 0 Å². The quantitative estimate of drug-likeness (QED) is 0.324. The first kappa shape index (κ1) is 25.0. The smallest absolute Gasteiger partial charge is 0.265 e. The van der Waals surface area contributed by atoms with Gasteiger partial charge in [-0.2, -0.15) is 0 Å². The van der Waals surface area contributed by atoms with Gasteiger partial charge in [0.2, 0.25) is 5.95 Å². The van der Waals surface area contributed by atoms with E-state index in [1.165, 1.54) is 37.5 Å². The van der Waals surface area contributed by atoms with E-state index in [0.717, 1.165) is 42.0 Å². The Kier molecular flexibility index (Phi) is 7.01. The lowest BCUT2D eigenvalue weighted by Gasteiger charge is -2.22. The molecule has 2 N–H and O–H groups in total. The number of nitrogens with zero attached hydrogens (tertiary/aromatic N) is 4. The van der Waals surface area contributed by atoms with Crippen LogP contribution in [0, 0.1) is 12.7 Å². The highest BCUT2D eigenvalue weighted by atomic mass is 32.2. The van der Waals surface area contributed by atoms with Gasteiger partial charge in [-0.05, 0) is 62.1 Å². The van der Waals surface area contributed by atoms with Crippen LogP contribution in [0.4, 0.5) is 16.2 Å². The van der Waals surface area contributed by atoms with Gasteiger partial charge in [0.25, 0.3) is 10.0 Å². The molecular formula is C27H29FN6O2S. The fourth-order valence-corrected chi connectivity index (χ4v) is 5.82. The van der Waals surface area contributed by atoms with E-state index in [4.69, 9.17) is 9.97 Å². The molecular weight excluding hydrogens is 491 g/mol. The van der Waals surface area contributed by atoms with Crippen LogP contribution in [0.1, 0.15) is 50.3 Å². The van der Waals surface area contributed by atoms with Crippen molar-refractivity contribution in [2.45, 2.75) is 63.3 Å². The van der Waals surface area contributed by atoms with E-state index in [9.17, 15) is 12.8 Å². The molecule has 4 aromatic rings. The zero-order valence-corrected chi connectivity index (χ0v) is 21.6. The number of aromatic nitrogens is 4. The van der Waals surface area contributed by atoms with E-state index in [2.05, 4.69) is 26.9 Å². The van der Waals surface area contributed by atoms with Gasteiger partial charge in [-0.1, -0.05) is 38.3 Å². The lowest BCUT2D eigenvalue weighted by molar-refractivity contribution is 0.461. The summed E-state index contributed by atoms with van der Waals surface area (Å²) in [5.41, 5.74) is 4.59. The maximum Gasteiger partial charge on any atom is 0.265 e. The largest absolute Gasteiger partial charge is 0.351 e. The Morgan fingerprint density at radius 3 is 2.54 bits per heavy atom. The molecule has 0 aliphatic heterocycles. The van der Waals surface area contributed by atoms with Crippen LogP contribution < -0.4 is 10.0 Å². The Hall–Kier alpha value is -3.66. The summed E-state index contributed by atoms with van der Waals surface area (Å²) in [6.45, 7) is 3.85. The summed E-state index contributed by atoms with van der Waals surface area (Å²) in [5, 5.41) is 3.48. The van der Waals surface area contributed by atoms with Crippen molar-refractivity contribution in [3.63, 3.8) is 0 Å². The maximum atomic E-state index is 14.0. The number of sulfonamides is 1. The zero-order valence-electron chi connectivity index (χ0n) is 20.8. The Balaban J connectivity index is 1.43. The van der Waals surface area contributed by atoms with Crippen LogP contribution in [0.25, 0.3) is 22.3 Å². The molecule has 0 unspecified atom stereocenters. The number of hydrogen-bond acceptors (Lipinski definition) is 7. The summed E-state index contributed by atoms with van der Waals surface area (Å²) in [7, 11) is -4.12. The molecule has 1 aliphatic carbocycles. The van der Waals surface area contributed by atoms with E-state index in [1.54, 1.807) is 25.3 Å². The fraction of sp³-hybridized carbons (Fsp3) is 0.333. The molecule has 1 aromatic carbocycles. The van der Waals surface area contributed by atoms with Crippen LogP contribution in [0.2, 0.25) is 0 Å². The number of pyridine rings is 2. The number of halogens is 1. The standard InChI is InChI=1S/C27H29FN6O2S/c1-3-18-15-22(32-23-16-29-27(33-26(18)23)31-19-9-5-4-6-10-19)20-13-14-25(30-17(20)2)34-37(35,36)24-12-8-7-11-21(24)28/h7-8,11-16,19H,3-6,9-10H2,1-2H3,(H,30,34)(H,29,31,33). The molecule has 0 bridgehead atoms. The van der Waals surface area contributed by atoms with E-state index < -0.39 is 20.7 Å². The predicted octanol–water partition coefficient (Wildman–Crippen LogP) is 5.64. The van der Waals surface area contributed by atoms with Crippen LogP contribution in [0.3, 0.4) is 0 Å². The molecule has 0 amide bonds. The average Bonchev–Trinajstić information content (AvgIpc) is 2.89. The Morgan fingerprint density at radius 1 is 1.03 bits per heavy atom. The number of benzene rings is 1. The van der Waals surface area contributed by atoms with Crippen molar-refractivity contribution in [2.75, 3.05) is 10.0 Å². The van der Waals surface area contributed by atoms with E-state index in [-0.39, 0.29) is 5.82 Å². The molecule has 8 nitrogen and oxygen atoms in total. The van der Waals surface area contributed by atoms with Crippen molar-refractivity contribution >= 4 is 32.8 Å². The van der Waals surface area contributed by atoms with Gasteiger partial charge >= 0.3 is 0 Å². The molecule has 1 saturated carbocycles. The van der Waals surface area contributed by atoms with E-state index >= 15 is 0 Å². The topological polar surface area (TPSA) is 110 Å². The first-order valence-electron chi connectivity index (χ1n) is 12.5. The highest BCUT2D eigenvalue weighted by Gasteiger charge is 2.20. The molecule has 3 heterocycles. The SMILES string of the molecule is CCc1cc(-c2ccc(NS(=O)(=O)c3ccccc3F)nc2C)nc2cnc(NC3CCCCC3)nc12. The number of hydrogen-bond donors (Lipinski definition) is 2. The fourth-order valence-electron chi connectivity index (χ4n) is 4.74. The second kappa shape index (κ2) is 10.4. The number of nitrogens with one attached hydrogen (secondary N) is 2. The van der Waals surface area contributed by atoms with Crippen molar-refractivity contribution in [1.29, 1.82) is 0 Å². The molecule has 0 saturated heterocycles. The van der Waals surface area contributed by atoms with Gasteiger partial charge in [-0.15, -0.1) is 0 Å². The molecule has 37 heavy (non-hydrogen) atoms. The van der Waals surface area contributed by atoms with Gasteiger partial charge in [0, 0.05) is 17.3 Å². The van der Waals surface area contributed by atoms with Gasteiger partial charge in [0.05, 0.1) is 17.4 Å². The van der Waals surface area contributed by atoms with Gasteiger partial charge in [-0.3, -0.25) is 4.72 Å². The first-order valence-corrected chi connectivity index (χ1v) is 14.0. The lowest BCUT2D eigenvalue weighted by Crippen LogP contribution is -2.23. The summed E-state index contributed by atoms with van der Waals surface area (Å²) >= 11 is 0. The Bertz CT molecular complexity index is 1550.